The first-order chi connectivity index (χ1) is 9.20. The normalized spacial score (nSPS) is 25.5. The average molecular weight is 263 g/mol. The van der Waals surface area contributed by atoms with E-state index in [9.17, 15) is 4.79 Å². The van der Waals surface area contributed by atoms with E-state index in [1.54, 1.807) is 0 Å². The number of carbonyl (C=O) groups is 1. The van der Waals surface area contributed by atoms with E-state index in [1.807, 2.05) is 37.3 Å². The molecular formula is C14H21N3O2. The van der Waals surface area contributed by atoms with Crippen molar-refractivity contribution in [3.63, 3.8) is 0 Å². The molecular weight excluding hydrogens is 242 g/mol. The Kier molecular flexibility index (Phi) is 4.76. The molecule has 1 aliphatic carbocycles. The summed E-state index contributed by atoms with van der Waals surface area (Å²) in [4.78, 5) is 11.8. The molecule has 19 heavy (non-hydrogen) atoms. The smallest absolute Gasteiger partial charge is 0.315 e. The van der Waals surface area contributed by atoms with E-state index in [1.165, 1.54) is 0 Å². The lowest BCUT2D eigenvalue weighted by Crippen LogP contribution is -2.65. The summed E-state index contributed by atoms with van der Waals surface area (Å²) in [5.74, 6) is 0. The van der Waals surface area contributed by atoms with Crippen LogP contribution < -0.4 is 16.4 Å². The van der Waals surface area contributed by atoms with E-state index in [-0.39, 0.29) is 24.2 Å². The highest BCUT2D eigenvalue weighted by molar-refractivity contribution is 5.74. The Morgan fingerprint density at radius 1 is 1.42 bits per heavy atom. The van der Waals surface area contributed by atoms with Crippen LogP contribution in [0.1, 0.15) is 18.9 Å². The van der Waals surface area contributed by atoms with Gasteiger partial charge >= 0.3 is 6.03 Å². The van der Waals surface area contributed by atoms with Crippen molar-refractivity contribution in [2.45, 2.75) is 38.1 Å². The highest BCUT2D eigenvalue weighted by atomic mass is 16.5. The summed E-state index contributed by atoms with van der Waals surface area (Å²) < 4.78 is 5.50. The van der Waals surface area contributed by atoms with Crippen molar-refractivity contribution in [2.24, 2.45) is 5.73 Å². The van der Waals surface area contributed by atoms with Crippen LogP contribution in [0, 0.1) is 0 Å². The molecule has 0 aliphatic heterocycles. The maximum atomic E-state index is 11.8. The highest BCUT2D eigenvalue weighted by Gasteiger charge is 2.40. The topological polar surface area (TPSA) is 76.4 Å². The molecule has 4 N–H and O–H groups in total. The van der Waals surface area contributed by atoms with Crippen LogP contribution in [0.25, 0.3) is 0 Å². The van der Waals surface area contributed by atoms with Crippen molar-refractivity contribution in [3.8, 4) is 0 Å². The summed E-state index contributed by atoms with van der Waals surface area (Å²) in [7, 11) is 0. The molecule has 1 aromatic rings. The zero-order valence-corrected chi connectivity index (χ0v) is 11.1. The van der Waals surface area contributed by atoms with Crippen molar-refractivity contribution in [2.75, 3.05) is 6.61 Å². The second-order valence-electron chi connectivity index (χ2n) is 4.73. The van der Waals surface area contributed by atoms with Crippen molar-refractivity contribution < 1.29 is 9.53 Å². The second kappa shape index (κ2) is 6.54. The number of hydrogen-bond acceptors (Lipinski definition) is 3. The number of nitrogens with two attached hydrogens (primary N) is 1. The van der Waals surface area contributed by atoms with E-state index in [0.717, 1.165) is 12.0 Å². The fourth-order valence-electron chi connectivity index (χ4n) is 2.21. The van der Waals surface area contributed by atoms with Crippen LogP contribution in [0.2, 0.25) is 0 Å². The Balaban J connectivity index is 1.75. The van der Waals surface area contributed by atoms with Gasteiger partial charge in [0, 0.05) is 19.2 Å². The molecule has 1 aliphatic rings. The average Bonchev–Trinajstić information content (AvgIpc) is 2.43. The van der Waals surface area contributed by atoms with Gasteiger partial charge in [0.1, 0.15) is 0 Å². The molecule has 0 aromatic heterocycles. The molecule has 3 atom stereocenters. The molecule has 1 saturated carbocycles. The van der Waals surface area contributed by atoms with Gasteiger partial charge in [0.25, 0.3) is 0 Å². The number of ether oxygens (including phenoxy) is 1. The van der Waals surface area contributed by atoms with Gasteiger partial charge in [-0.25, -0.2) is 4.79 Å². The number of urea groups is 1. The van der Waals surface area contributed by atoms with Crippen LogP contribution in [-0.4, -0.2) is 30.8 Å². The minimum absolute atomic E-state index is 0.0148. The van der Waals surface area contributed by atoms with Crippen molar-refractivity contribution in [3.05, 3.63) is 35.9 Å². The van der Waals surface area contributed by atoms with Crippen LogP contribution >= 0.6 is 0 Å². The lowest BCUT2D eigenvalue weighted by Gasteiger charge is -2.42. The number of nitrogens with one attached hydrogen (secondary N) is 2. The lowest BCUT2D eigenvalue weighted by atomic mass is 9.83. The molecule has 2 rings (SSSR count). The Labute approximate surface area is 113 Å². The van der Waals surface area contributed by atoms with Crippen LogP contribution in [0.15, 0.2) is 30.3 Å². The van der Waals surface area contributed by atoms with Crippen LogP contribution in [0.3, 0.4) is 0 Å². The molecule has 3 unspecified atom stereocenters. The molecule has 0 saturated heterocycles. The molecule has 2 amide bonds. The van der Waals surface area contributed by atoms with E-state index in [2.05, 4.69) is 10.6 Å². The third-order valence-corrected chi connectivity index (χ3v) is 3.34. The standard InChI is InChI=1S/C14H21N3O2/c1-2-19-12-8-11(15)13(12)17-14(18)16-9-10-6-4-3-5-7-10/h3-7,11-13H,2,8-9,15H2,1H3,(H2,16,17,18). The van der Waals surface area contributed by atoms with Crippen molar-refractivity contribution >= 4 is 6.03 Å². The molecule has 0 radical (unpaired) electrons. The molecule has 0 spiro atoms. The molecule has 0 heterocycles. The van der Waals surface area contributed by atoms with Gasteiger partial charge in [-0.2, -0.15) is 0 Å². The number of hydrogen-bond donors (Lipinski definition) is 3. The van der Waals surface area contributed by atoms with Crippen molar-refractivity contribution in [1.29, 1.82) is 0 Å². The van der Waals surface area contributed by atoms with Gasteiger partial charge in [-0.3, -0.25) is 0 Å². The fraction of sp³-hybridized carbons (Fsp3) is 0.500. The largest absolute Gasteiger partial charge is 0.376 e. The Hall–Kier alpha value is -1.59. The van der Waals surface area contributed by atoms with E-state index in [4.69, 9.17) is 10.5 Å². The van der Waals surface area contributed by atoms with Crippen LogP contribution in [-0.2, 0) is 11.3 Å². The fourth-order valence-corrected chi connectivity index (χ4v) is 2.21. The van der Waals surface area contributed by atoms with Crippen LogP contribution in [0.4, 0.5) is 4.79 Å². The summed E-state index contributed by atoms with van der Waals surface area (Å²) in [6.45, 7) is 3.09. The molecule has 1 fully saturated rings. The van der Waals surface area contributed by atoms with E-state index < -0.39 is 0 Å². The number of amides is 2. The van der Waals surface area contributed by atoms with Gasteiger partial charge in [0.05, 0.1) is 12.1 Å². The molecule has 5 heteroatoms. The molecule has 0 bridgehead atoms. The highest BCUT2D eigenvalue weighted by Crippen LogP contribution is 2.22. The third-order valence-electron chi connectivity index (χ3n) is 3.34. The van der Waals surface area contributed by atoms with Gasteiger partial charge < -0.3 is 21.1 Å². The summed E-state index contributed by atoms with van der Waals surface area (Å²) >= 11 is 0. The monoisotopic (exact) mass is 263 g/mol. The summed E-state index contributed by atoms with van der Waals surface area (Å²) in [5, 5.41) is 5.69. The van der Waals surface area contributed by atoms with E-state index >= 15 is 0 Å². The molecule has 1 aromatic carbocycles. The maximum absolute atomic E-state index is 11.8. The zero-order chi connectivity index (χ0) is 13.7. The van der Waals surface area contributed by atoms with E-state index in [0.29, 0.717) is 13.2 Å². The number of carbonyl (C=O) groups excluding carboxylic acids is 1. The third kappa shape index (κ3) is 3.68. The predicted molar refractivity (Wildman–Crippen MR) is 73.6 cm³/mol. The summed E-state index contributed by atoms with van der Waals surface area (Å²) in [6.07, 6.45) is 0.847. The first-order valence-corrected chi connectivity index (χ1v) is 6.66. The summed E-state index contributed by atoms with van der Waals surface area (Å²) in [5.41, 5.74) is 6.94. The molecule has 104 valence electrons. The summed E-state index contributed by atoms with van der Waals surface area (Å²) in [6, 6.07) is 9.48. The lowest BCUT2D eigenvalue weighted by molar-refractivity contribution is -0.0282. The Bertz CT molecular complexity index is 408. The van der Waals surface area contributed by atoms with Gasteiger partial charge in [0.2, 0.25) is 0 Å². The maximum Gasteiger partial charge on any atom is 0.315 e. The molecule has 5 nitrogen and oxygen atoms in total. The SMILES string of the molecule is CCOC1CC(N)C1NC(=O)NCc1ccccc1. The van der Waals surface area contributed by atoms with Crippen LogP contribution in [0.5, 0.6) is 0 Å². The Morgan fingerprint density at radius 3 is 2.79 bits per heavy atom. The minimum atomic E-state index is -0.200. The number of benzene rings is 1. The van der Waals surface area contributed by atoms with Gasteiger partial charge in [-0.05, 0) is 18.9 Å². The second-order valence-corrected chi connectivity index (χ2v) is 4.73. The van der Waals surface area contributed by atoms with Gasteiger partial charge in [-0.15, -0.1) is 0 Å². The quantitative estimate of drug-likeness (QED) is 0.741. The van der Waals surface area contributed by atoms with Crippen molar-refractivity contribution in [1.82, 2.24) is 10.6 Å². The van der Waals surface area contributed by atoms with Gasteiger partial charge in [-0.1, -0.05) is 30.3 Å². The first kappa shape index (κ1) is 13.8. The first-order valence-electron chi connectivity index (χ1n) is 6.66. The number of rotatable bonds is 5. The predicted octanol–water partition coefficient (Wildman–Crippen LogP) is 0.991. The van der Waals surface area contributed by atoms with Gasteiger partial charge in [0.15, 0.2) is 0 Å². The minimum Gasteiger partial charge on any atom is -0.376 e. The zero-order valence-electron chi connectivity index (χ0n) is 11.1. The Morgan fingerprint density at radius 2 is 2.16 bits per heavy atom.